The minimum atomic E-state index is -0.138. The number of amides is 1. The maximum absolute atomic E-state index is 12.6. The number of carbonyl (C=O) groups is 2. The predicted molar refractivity (Wildman–Crippen MR) is 83.7 cm³/mol. The zero-order valence-corrected chi connectivity index (χ0v) is 12.7. The van der Waals surface area contributed by atoms with Crippen LogP contribution in [0.3, 0.4) is 0 Å². The van der Waals surface area contributed by atoms with Crippen LogP contribution in [0.5, 0.6) is 0 Å². The molecule has 1 aliphatic rings. The second-order valence-electron chi connectivity index (χ2n) is 5.54. The molecule has 2 heterocycles. The number of aromatic nitrogens is 1. The van der Waals surface area contributed by atoms with Gasteiger partial charge in [0.25, 0.3) is 0 Å². The third-order valence-corrected chi connectivity index (χ3v) is 4.19. The van der Waals surface area contributed by atoms with Crippen molar-refractivity contribution in [1.82, 2.24) is 9.47 Å². The van der Waals surface area contributed by atoms with Crippen molar-refractivity contribution in [3.8, 4) is 0 Å². The molecular weight excluding hydrogens is 280 g/mol. The second kappa shape index (κ2) is 6.22. The lowest BCUT2D eigenvalue weighted by Gasteiger charge is -2.31. The molecule has 1 aromatic carbocycles. The number of benzene rings is 1. The van der Waals surface area contributed by atoms with E-state index < -0.39 is 0 Å². The number of esters is 1. The van der Waals surface area contributed by atoms with E-state index in [2.05, 4.69) is 0 Å². The summed E-state index contributed by atoms with van der Waals surface area (Å²) < 4.78 is 6.74. The Bertz CT molecular complexity index is 684. The minimum Gasteiger partial charge on any atom is -0.466 e. The average Bonchev–Trinajstić information content (AvgIpc) is 2.98. The van der Waals surface area contributed by atoms with Crippen molar-refractivity contribution in [2.45, 2.75) is 19.8 Å². The Labute approximate surface area is 129 Å². The van der Waals surface area contributed by atoms with Crippen LogP contribution in [0.4, 0.5) is 4.79 Å². The monoisotopic (exact) mass is 300 g/mol. The summed E-state index contributed by atoms with van der Waals surface area (Å²) in [5, 5.41) is 1.05. The number of nitrogens with zero attached hydrogens (tertiary/aromatic N) is 2. The van der Waals surface area contributed by atoms with Gasteiger partial charge in [-0.3, -0.25) is 9.36 Å². The van der Waals surface area contributed by atoms with Gasteiger partial charge in [0.15, 0.2) is 0 Å². The number of likely N-dealkylation sites (tertiary alicyclic amines) is 1. The molecule has 2 aromatic rings. The fraction of sp³-hybridized carbons (Fsp3) is 0.412. The van der Waals surface area contributed by atoms with Gasteiger partial charge in [-0.2, -0.15) is 0 Å². The molecule has 0 aliphatic carbocycles. The molecule has 1 saturated heterocycles. The van der Waals surface area contributed by atoms with Crippen LogP contribution in [-0.2, 0) is 9.53 Å². The van der Waals surface area contributed by atoms with Crippen LogP contribution in [-0.4, -0.2) is 41.2 Å². The molecule has 1 fully saturated rings. The van der Waals surface area contributed by atoms with Crippen molar-refractivity contribution in [3.05, 3.63) is 36.5 Å². The van der Waals surface area contributed by atoms with Gasteiger partial charge >= 0.3 is 12.0 Å². The van der Waals surface area contributed by atoms with Crippen LogP contribution >= 0.6 is 0 Å². The number of hydrogen-bond acceptors (Lipinski definition) is 3. The SMILES string of the molecule is CCOC(=O)C1CCN(C(=O)n2ccc3ccccc32)CC1. The Hall–Kier alpha value is -2.30. The summed E-state index contributed by atoms with van der Waals surface area (Å²) in [4.78, 5) is 26.2. The Morgan fingerprint density at radius 2 is 1.91 bits per heavy atom. The molecule has 5 nitrogen and oxygen atoms in total. The summed E-state index contributed by atoms with van der Waals surface area (Å²) in [6.45, 7) is 3.41. The van der Waals surface area contributed by atoms with Gasteiger partial charge in [-0.05, 0) is 31.9 Å². The molecule has 116 valence electrons. The largest absolute Gasteiger partial charge is 0.466 e. The van der Waals surface area contributed by atoms with Crippen molar-refractivity contribution in [2.24, 2.45) is 5.92 Å². The topological polar surface area (TPSA) is 51.5 Å². The molecule has 22 heavy (non-hydrogen) atoms. The Morgan fingerprint density at radius 1 is 1.18 bits per heavy atom. The molecule has 1 aliphatic heterocycles. The highest BCUT2D eigenvalue weighted by Gasteiger charge is 2.28. The quantitative estimate of drug-likeness (QED) is 0.801. The van der Waals surface area contributed by atoms with E-state index in [0.29, 0.717) is 32.5 Å². The molecule has 0 spiro atoms. The lowest BCUT2D eigenvalue weighted by atomic mass is 9.97. The van der Waals surface area contributed by atoms with Crippen molar-refractivity contribution >= 4 is 22.9 Å². The highest BCUT2D eigenvalue weighted by Crippen LogP contribution is 2.21. The van der Waals surface area contributed by atoms with Gasteiger partial charge in [0.05, 0.1) is 18.0 Å². The van der Waals surface area contributed by atoms with Crippen molar-refractivity contribution in [3.63, 3.8) is 0 Å². The standard InChI is InChI=1S/C17H20N2O3/c1-2-22-16(20)14-7-10-18(11-8-14)17(21)19-12-9-13-5-3-4-6-15(13)19/h3-6,9,12,14H,2,7-8,10-11H2,1H3. The summed E-state index contributed by atoms with van der Waals surface area (Å²) in [6, 6.07) is 9.74. The maximum atomic E-state index is 12.6. The average molecular weight is 300 g/mol. The van der Waals surface area contributed by atoms with E-state index in [9.17, 15) is 9.59 Å². The van der Waals surface area contributed by atoms with Gasteiger partial charge in [-0.15, -0.1) is 0 Å². The van der Waals surface area contributed by atoms with E-state index in [1.54, 1.807) is 4.57 Å². The van der Waals surface area contributed by atoms with Crippen LogP contribution < -0.4 is 0 Å². The Kier molecular flexibility index (Phi) is 4.13. The zero-order valence-electron chi connectivity index (χ0n) is 12.7. The van der Waals surface area contributed by atoms with Crippen molar-refractivity contribution in [2.75, 3.05) is 19.7 Å². The molecular formula is C17H20N2O3. The van der Waals surface area contributed by atoms with Crippen LogP contribution in [0.1, 0.15) is 19.8 Å². The first-order chi connectivity index (χ1) is 10.7. The minimum absolute atomic E-state index is 0.0245. The first-order valence-electron chi connectivity index (χ1n) is 7.72. The van der Waals surface area contributed by atoms with Crippen LogP contribution in [0, 0.1) is 5.92 Å². The van der Waals surface area contributed by atoms with Crippen LogP contribution in [0.25, 0.3) is 10.9 Å². The molecule has 0 N–H and O–H groups in total. The lowest BCUT2D eigenvalue weighted by molar-refractivity contribution is -0.149. The van der Waals surface area contributed by atoms with Crippen LogP contribution in [0.2, 0.25) is 0 Å². The van der Waals surface area contributed by atoms with Gasteiger partial charge in [0, 0.05) is 24.7 Å². The number of hydrogen-bond donors (Lipinski definition) is 0. The van der Waals surface area contributed by atoms with Gasteiger partial charge in [0.1, 0.15) is 0 Å². The smallest absolute Gasteiger partial charge is 0.328 e. The summed E-state index contributed by atoms with van der Waals surface area (Å²) >= 11 is 0. The predicted octanol–water partition coefficient (Wildman–Crippen LogP) is 2.88. The molecule has 1 amide bonds. The van der Waals surface area contributed by atoms with Gasteiger partial charge < -0.3 is 9.64 Å². The van der Waals surface area contributed by atoms with Crippen LogP contribution in [0.15, 0.2) is 36.5 Å². The lowest BCUT2D eigenvalue weighted by Crippen LogP contribution is -2.42. The number of fused-ring (bicyclic) bond motifs is 1. The van der Waals surface area contributed by atoms with Crippen molar-refractivity contribution < 1.29 is 14.3 Å². The molecule has 0 radical (unpaired) electrons. The van der Waals surface area contributed by atoms with Gasteiger partial charge in [-0.25, -0.2) is 4.79 Å². The molecule has 5 heteroatoms. The maximum Gasteiger partial charge on any atom is 0.328 e. The molecule has 0 bridgehead atoms. The summed E-state index contributed by atoms with van der Waals surface area (Å²) in [7, 11) is 0. The normalized spacial score (nSPS) is 16.0. The molecule has 3 rings (SSSR count). The Morgan fingerprint density at radius 3 is 2.64 bits per heavy atom. The van der Waals surface area contributed by atoms with E-state index in [1.807, 2.05) is 48.4 Å². The third-order valence-electron chi connectivity index (χ3n) is 4.19. The number of piperidine rings is 1. The van der Waals surface area contributed by atoms with E-state index in [0.717, 1.165) is 10.9 Å². The molecule has 0 atom stereocenters. The molecule has 0 saturated carbocycles. The fourth-order valence-electron chi connectivity index (χ4n) is 2.97. The highest BCUT2D eigenvalue weighted by atomic mass is 16.5. The zero-order chi connectivity index (χ0) is 15.5. The van der Waals surface area contributed by atoms with Crippen molar-refractivity contribution in [1.29, 1.82) is 0 Å². The van der Waals surface area contributed by atoms with Gasteiger partial charge in [-0.1, -0.05) is 18.2 Å². The second-order valence-corrected chi connectivity index (χ2v) is 5.54. The van der Waals surface area contributed by atoms with E-state index in [1.165, 1.54) is 0 Å². The highest BCUT2D eigenvalue weighted by molar-refractivity contribution is 5.91. The van der Waals surface area contributed by atoms with E-state index >= 15 is 0 Å². The summed E-state index contributed by atoms with van der Waals surface area (Å²) in [5.74, 6) is -0.216. The first kappa shape index (κ1) is 14.6. The fourth-order valence-corrected chi connectivity index (χ4v) is 2.97. The summed E-state index contributed by atoms with van der Waals surface area (Å²) in [5.41, 5.74) is 0.917. The number of para-hydroxylation sites is 1. The number of rotatable bonds is 2. The third kappa shape index (κ3) is 2.71. The summed E-state index contributed by atoms with van der Waals surface area (Å²) in [6.07, 6.45) is 3.15. The first-order valence-corrected chi connectivity index (χ1v) is 7.72. The van der Waals surface area contributed by atoms with Gasteiger partial charge in [0.2, 0.25) is 0 Å². The molecule has 1 aromatic heterocycles. The Balaban J connectivity index is 1.69. The van der Waals surface area contributed by atoms with E-state index in [4.69, 9.17) is 4.74 Å². The number of carbonyl (C=O) groups excluding carboxylic acids is 2. The number of ether oxygens (including phenoxy) is 1. The molecule has 0 unspecified atom stereocenters. The van der Waals surface area contributed by atoms with E-state index in [-0.39, 0.29) is 17.9 Å².